The van der Waals surface area contributed by atoms with Crippen molar-refractivity contribution in [1.82, 2.24) is 5.32 Å². The Bertz CT molecular complexity index is 361. The number of rotatable bonds is 6. The molecule has 0 amide bonds. The molecule has 0 radical (unpaired) electrons. The molecule has 0 aliphatic heterocycles. The third-order valence-electron chi connectivity index (χ3n) is 3.51. The molecule has 1 aromatic rings. The fourth-order valence-electron chi connectivity index (χ4n) is 1.69. The van der Waals surface area contributed by atoms with E-state index in [4.69, 9.17) is 4.74 Å². The lowest BCUT2D eigenvalue weighted by Gasteiger charge is -2.28. The van der Waals surface area contributed by atoms with Crippen LogP contribution in [0, 0.1) is 0 Å². The predicted octanol–water partition coefficient (Wildman–Crippen LogP) is 4.13. The zero-order valence-corrected chi connectivity index (χ0v) is 12.7. The lowest BCUT2D eigenvalue weighted by Crippen LogP contribution is -2.40. The minimum atomic E-state index is 0.202. The lowest BCUT2D eigenvalue weighted by atomic mass is 9.95. The first kappa shape index (κ1) is 14.5. The SMILES string of the molecule is CCC(C)(CC)NCc1cc(Br)ccc1OC. The van der Waals surface area contributed by atoms with E-state index in [9.17, 15) is 0 Å². The van der Waals surface area contributed by atoms with Crippen molar-refractivity contribution in [3.05, 3.63) is 28.2 Å². The molecule has 3 heteroatoms. The van der Waals surface area contributed by atoms with Gasteiger partial charge < -0.3 is 10.1 Å². The molecule has 1 aromatic carbocycles. The van der Waals surface area contributed by atoms with Crippen LogP contribution in [0.1, 0.15) is 39.2 Å². The van der Waals surface area contributed by atoms with Crippen molar-refractivity contribution in [2.75, 3.05) is 7.11 Å². The first-order chi connectivity index (χ1) is 8.04. The Kier molecular flexibility index (Phi) is 5.47. The summed E-state index contributed by atoms with van der Waals surface area (Å²) in [6.07, 6.45) is 2.25. The second-order valence-electron chi connectivity index (χ2n) is 4.58. The summed E-state index contributed by atoms with van der Waals surface area (Å²) in [6.45, 7) is 7.53. The Morgan fingerprint density at radius 2 is 1.94 bits per heavy atom. The molecule has 0 aromatic heterocycles. The Balaban J connectivity index is 2.77. The monoisotopic (exact) mass is 299 g/mol. The van der Waals surface area contributed by atoms with Crippen molar-refractivity contribution in [3.63, 3.8) is 0 Å². The normalized spacial score (nSPS) is 11.6. The van der Waals surface area contributed by atoms with Gasteiger partial charge in [-0.2, -0.15) is 0 Å². The van der Waals surface area contributed by atoms with E-state index in [0.717, 1.165) is 29.6 Å². The van der Waals surface area contributed by atoms with Crippen LogP contribution < -0.4 is 10.1 Å². The van der Waals surface area contributed by atoms with Gasteiger partial charge in [-0.25, -0.2) is 0 Å². The third-order valence-corrected chi connectivity index (χ3v) is 4.00. The topological polar surface area (TPSA) is 21.3 Å². The highest BCUT2D eigenvalue weighted by Gasteiger charge is 2.18. The van der Waals surface area contributed by atoms with Crippen molar-refractivity contribution >= 4 is 15.9 Å². The van der Waals surface area contributed by atoms with Gasteiger partial charge in [0, 0.05) is 22.1 Å². The molecule has 0 saturated heterocycles. The van der Waals surface area contributed by atoms with Crippen LogP contribution in [-0.2, 0) is 6.54 Å². The molecule has 0 fully saturated rings. The molecule has 0 aliphatic carbocycles. The van der Waals surface area contributed by atoms with E-state index >= 15 is 0 Å². The van der Waals surface area contributed by atoms with Gasteiger partial charge in [0.15, 0.2) is 0 Å². The van der Waals surface area contributed by atoms with Crippen LogP contribution in [0.3, 0.4) is 0 Å². The van der Waals surface area contributed by atoms with Crippen molar-refractivity contribution in [2.45, 2.75) is 45.7 Å². The van der Waals surface area contributed by atoms with E-state index in [1.165, 1.54) is 5.56 Å². The van der Waals surface area contributed by atoms with Gasteiger partial charge in [-0.1, -0.05) is 29.8 Å². The molecule has 0 saturated carbocycles. The zero-order valence-electron chi connectivity index (χ0n) is 11.1. The van der Waals surface area contributed by atoms with Gasteiger partial charge in [0.1, 0.15) is 5.75 Å². The minimum absolute atomic E-state index is 0.202. The van der Waals surface area contributed by atoms with Crippen molar-refractivity contribution < 1.29 is 4.74 Å². The second-order valence-corrected chi connectivity index (χ2v) is 5.49. The van der Waals surface area contributed by atoms with Gasteiger partial charge in [-0.05, 0) is 38.0 Å². The van der Waals surface area contributed by atoms with Gasteiger partial charge in [-0.15, -0.1) is 0 Å². The molecule has 0 spiro atoms. The highest BCUT2D eigenvalue weighted by molar-refractivity contribution is 9.10. The lowest BCUT2D eigenvalue weighted by molar-refractivity contribution is 0.325. The molecule has 0 unspecified atom stereocenters. The van der Waals surface area contributed by atoms with Crippen LogP contribution in [0.5, 0.6) is 5.75 Å². The largest absolute Gasteiger partial charge is 0.496 e. The smallest absolute Gasteiger partial charge is 0.123 e. The number of methoxy groups -OCH3 is 1. The Morgan fingerprint density at radius 1 is 1.29 bits per heavy atom. The molecule has 0 atom stereocenters. The van der Waals surface area contributed by atoms with Crippen molar-refractivity contribution in [1.29, 1.82) is 0 Å². The van der Waals surface area contributed by atoms with Crippen molar-refractivity contribution in [3.8, 4) is 5.75 Å². The predicted molar refractivity (Wildman–Crippen MR) is 76.5 cm³/mol. The number of nitrogens with one attached hydrogen (secondary N) is 1. The summed E-state index contributed by atoms with van der Waals surface area (Å²) >= 11 is 3.50. The molecule has 2 nitrogen and oxygen atoms in total. The number of halogens is 1. The van der Waals surface area contributed by atoms with Gasteiger partial charge >= 0.3 is 0 Å². The van der Waals surface area contributed by atoms with Gasteiger partial charge in [0.25, 0.3) is 0 Å². The van der Waals surface area contributed by atoms with Gasteiger partial charge in [0.2, 0.25) is 0 Å². The van der Waals surface area contributed by atoms with Crippen LogP contribution in [0.25, 0.3) is 0 Å². The van der Waals surface area contributed by atoms with Gasteiger partial charge in [0.05, 0.1) is 7.11 Å². The van der Waals surface area contributed by atoms with Crippen molar-refractivity contribution in [2.24, 2.45) is 0 Å². The minimum Gasteiger partial charge on any atom is -0.496 e. The summed E-state index contributed by atoms with van der Waals surface area (Å²) in [4.78, 5) is 0. The average molecular weight is 300 g/mol. The summed E-state index contributed by atoms with van der Waals surface area (Å²) in [7, 11) is 1.71. The fourth-order valence-corrected chi connectivity index (χ4v) is 2.10. The highest BCUT2D eigenvalue weighted by Crippen LogP contribution is 2.24. The molecule has 1 rings (SSSR count). The van der Waals surface area contributed by atoms with Crippen LogP contribution in [0.15, 0.2) is 22.7 Å². The van der Waals surface area contributed by atoms with Crippen LogP contribution in [0.4, 0.5) is 0 Å². The third kappa shape index (κ3) is 4.00. The molecule has 96 valence electrons. The molecular formula is C14H22BrNO. The van der Waals surface area contributed by atoms with Crippen LogP contribution >= 0.6 is 15.9 Å². The summed E-state index contributed by atoms with van der Waals surface area (Å²) in [5.41, 5.74) is 1.39. The maximum atomic E-state index is 5.37. The fraction of sp³-hybridized carbons (Fsp3) is 0.571. The molecule has 0 heterocycles. The Hall–Kier alpha value is -0.540. The van der Waals surface area contributed by atoms with E-state index in [-0.39, 0.29) is 5.54 Å². The highest BCUT2D eigenvalue weighted by atomic mass is 79.9. The van der Waals surface area contributed by atoms with Gasteiger partial charge in [-0.3, -0.25) is 0 Å². The maximum Gasteiger partial charge on any atom is 0.123 e. The quantitative estimate of drug-likeness (QED) is 0.853. The number of benzene rings is 1. The molecular weight excluding hydrogens is 278 g/mol. The van der Waals surface area contributed by atoms with E-state index < -0.39 is 0 Å². The zero-order chi connectivity index (χ0) is 12.9. The summed E-state index contributed by atoms with van der Waals surface area (Å²) < 4.78 is 6.46. The second kappa shape index (κ2) is 6.41. The number of hydrogen-bond acceptors (Lipinski definition) is 2. The Morgan fingerprint density at radius 3 is 2.47 bits per heavy atom. The van der Waals surface area contributed by atoms with E-state index in [0.29, 0.717) is 0 Å². The van der Waals surface area contributed by atoms with E-state index in [1.54, 1.807) is 7.11 Å². The summed E-state index contributed by atoms with van der Waals surface area (Å²) in [6, 6.07) is 6.11. The average Bonchev–Trinajstić information content (AvgIpc) is 2.36. The summed E-state index contributed by atoms with van der Waals surface area (Å²) in [5.74, 6) is 0.940. The van der Waals surface area contributed by atoms with Crippen LogP contribution in [0.2, 0.25) is 0 Å². The molecule has 0 aliphatic rings. The maximum absolute atomic E-state index is 5.37. The molecule has 0 bridgehead atoms. The van der Waals surface area contributed by atoms with Crippen LogP contribution in [-0.4, -0.2) is 12.6 Å². The molecule has 17 heavy (non-hydrogen) atoms. The standard InChI is InChI=1S/C14H22BrNO/c1-5-14(3,6-2)16-10-11-9-12(15)7-8-13(11)17-4/h7-9,16H,5-6,10H2,1-4H3. The van der Waals surface area contributed by atoms with E-state index in [2.05, 4.69) is 48.1 Å². The number of hydrogen-bond donors (Lipinski definition) is 1. The Labute approximate surface area is 113 Å². The van der Waals surface area contributed by atoms with E-state index in [1.807, 2.05) is 12.1 Å². The molecule has 1 N–H and O–H groups in total. The first-order valence-electron chi connectivity index (χ1n) is 6.12. The number of ether oxygens (including phenoxy) is 1. The first-order valence-corrected chi connectivity index (χ1v) is 6.91. The summed E-state index contributed by atoms with van der Waals surface area (Å²) in [5, 5.41) is 3.61.